The van der Waals surface area contributed by atoms with Crippen molar-refractivity contribution >= 4 is 5.57 Å². The van der Waals surface area contributed by atoms with Crippen molar-refractivity contribution in [3.8, 4) is 0 Å². The van der Waals surface area contributed by atoms with Gasteiger partial charge in [-0.25, -0.2) is 0 Å². The van der Waals surface area contributed by atoms with Gasteiger partial charge in [0, 0.05) is 12.4 Å². The van der Waals surface area contributed by atoms with Crippen LogP contribution in [0.25, 0.3) is 5.57 Å². The van der Waals surface area contributed by atoms with Gasteiger partial charge in [0.2, 0.25) is 0 Å². The summed E-state index contributed by atoms with van der Waals surface area (Å²) in [7, 11) is 0. The maximum atomic E-state index is 10.2. The third kappa shape index (κ3) is 3.42. The van der Waals surface area contributed by atoms with E-state index >= 15 is 0 Å². The van der Waals surface area contributed by atoms with Crippen LogP contribution >= 0.6 is 0 Å². The standard InChI is InChI=1S/C24H31NO.C2H6.CH4/c1-23-11-9-18(26)14-17(23)5-6-19-21-8-7-20(16-4-3-13-25-15-16)24(21,2)12-10-22(19)23;1-2;/h3-5,7,13,15,18-19,21-22,26H,6,8-12,14H2,1-2H3;1-2H3;1H4. The van der Waals surface area contributed by atoms with E-state index in [1.807, 2.05) is 26.2 Å². The molecule has 4 aliphatic rings. The molecular weight excluding hydrogens is 354 g/mol. The summed E-state index contributed by atoms with van der Waals surface area (Å²) in [5.41, 5.74) is 5.09. The smallest absolute Gasteiger partial charge is 0.0577 e. The molecule has 1 N–H and O–H groups in total. The molecule has 0 bridgehead atoms. The first-order valence-corrected chi connectivity index (χ1v) is 11.5. The number of aliphatic hydroxyl groups excluding tert-OH is 1. The molecule has 6 atom stereocenters. The van der Waals surface area contributed by atoms with Crippen molar-refractivity contribution in [3.63, 3.8) is 0 Å². The second kappa shape index (κ2) is 8.38. The number of allylic oxidation sites excluding steroid dienone is 3. The largest absolute Gasteiger partial charge is 0.393 e. The summed E-state index contributed by atoms with van der Waals surface area (Å²) in [4.78, 5) is 4.38. The van der Waals surface area contributed by atoms with E-state index in [4.69, 9.17) is 0 Å². The van der Waals surface area contributed by atoms with Crippen LogP contribution in [-0.2, 0) is 0 Å². The number of rotatable bonds is 1. The lowest BCUT2D eigenvalue weighted by molar-refractivity contribution is -0.0238. The van der Waals surface area contributed by atoms with Crippen LogP contribution in [0.4, 0.5) is 0 Å². The Kier molecular flexibility index (Phi) is 6.44. The minimum atomic E-state index is -0.106. The minimum Gasteiger partial charge on any atom is -0.393 e. The fraction of sp³-hybridized carbons (Fsp3) is 0.667. The Morgan fingerprint density at radius 1 is 1.00 bits per heavy atom. The fourth-order valence-corrected chi connectivity index (χ4v) is 7.18. The van der Waals surface area contributed by atoms with E-state index in [0.717, 1.165) is 30.6 Å². The molecule has 29 heavy (non-hydrogen) atoms. The Morgan fingerprint density at radius 3 is 2.48 bits per heavy atom. The number of pyridine rings is 1. The molecule has 2 saturated carbocycles. The van der Waals surface area contributed by atoms with Crippen LogP contribution in [0.3, 0.4) is 0 Å². The highest BCUT2D eigenvalue weighted by atomic mass is 16.3. The van der Waals surface area contributed by atoms with Crippen LogP contribution in [0.2, 0.25) is 0 Å². The monoisotopic (exact) mass is 395 g/mol. The number of aromatic nitrogens is 1. The van der Waals surface area contributed by atoms with Crippen LogP contribution in [-0.4, -0.2) is 16.2 Å². The normalized spacial score (nSPS) is 40.0. The van der Waals surface area contributed by atoms with Crippen molar-refractivity contribution in [1.29, 1.82) is 0 Å². The van der Waals surface area contributed by atoms with E-state index in [2.05, 4.69) is 43.1 Å². The van der Waals surface area contributed by atoms with Crippen LogP contribution in [0, 0.1) is 28.6 Å². The van der Waals surface area contributed by atoms with Crippen molar-refractivity contribution in [2.45, 2.75) is 86.2 Å². The summed E-state index contributed by atoms with van der Waals surface area (Å²) in [6, 6.07) is 4.31. The van der Waals surface area contributed by atoms with Crippen molar-refractivity contribution in [3.05, 3.63) is 47.8 Å². The highest BCUT2D eigenvalue weighted by Crippen LogP contribution is 2.66. The molecule has 0 saturated heterocycles. The minimum absolute atomic E-state index is 0. The third-order valence-corrected chi connectivity index (χ3v) is 8.63. The van der Waals surface area contributed by atoms with E-state index in [1.165, 1.54) is 37.7 Å². The Bertz CT molecular complexity index is 766. The molecule has 0 spiro atoms. The van der Waals surface area contributed by atoms with E-state index in [0.29, 0.717) is 10.8 Å². The van der Waals surface area contributed by atoms with E-state index in [-0.39, 0.29) is 13.5 Å². The SMILES string of the molecule is C.CC.CC12CCC(O)CC1=CCC1C2CCC2(C)C(c3cccnc3)=CCC12. The molecule has 4 aliphatic carbocycles. The van der Waals surface area contributed by atoms with Gasteiger partial charge in [-0.15, -0.1) is 0 Å². The van der Waals surface area contributed by atoms with Crippen molar-refractivity contribution in [2.24, 2.45) is 28.6 Å². The molecule has 0 aliphatic heterocycles. The zero-order valence-corrected chi connectivity index (χ0v) is 18.1. The van der Waals surface area contributed by atoms with Crippen LogP contribution < -0.4 is 0 Å². The Balaban J connectivity index is 0.000000778. The molecule has 2 heteroatoms. The van der Waals surface area contributed by atoms with Gasteiger partial charge in [0.15, 0.2) is 0 Å². The molecular formula is C27H41NO. The van der Waals surface area contributed by atoms with Gasteiger partial charge in [-0.05, 0) is 90.7 Å². The van der Waals surface area contributed by atoms with Gasteiger partial charge in [-0.3, -0.25) is 4.98 Å². The summed E-state index contributed by atoms with van der Waals surface area (Å²) < 4.78 is 0. The van der Waals surface area contributed by atoms with Gasteiger partial charge in [-0.2, -0.15) is 0 Å². The third-order valence-electron chi connectivity index (χ3n) is 8.63. The molecule has 2 fully saturated rings. The van der Waals surface area contributed by atoms with Crippen LogP contribution in [0.5, 0.6) is 0 Å². The van der Waals surface area contributed by atoms with Gasteiger partial charge in [0.25, 0.3) is 0 Å². The molecule has 1 aromatic rings. The summed E-state index contributed by atoms with van der Waals surface area (Å²) in [6.07, 6.45) is 17.0. The average molecular weight is 396 g/mol. The average Bonchev–Trinajstić information content (AvgIpc) is 3.08. The molecule has 5 rings (SSSR count). The highest BCUT2D eigenvalue weighted by Gasteiger charge is 2.56. The predicted molar refractivity (Wildman–Crippen MR) is 123 cm³/mol. The number of nitrogens with zero attached hydrogens (tertiary/aromatic N) is 1. The molecule has 0 amide bonds. The Labute approximate surface area is 178 Å². The first-order valence-electron chi connectivity index (χ1n) is 11.5. The number of fused-ring (bicyclic) bond motifs is 5. The van der Waals surface area contributed by atoms with Crippen LogP contribution in [0.15, 0.2) is 42.3 Å². The van der Waals surface area contributed by atoms with Crippen molar-refractivity contribution < 1.29 is 5.11 Å². The van der Waals surface area contributed by atoms with Gasteiger partial charge in [0.1, 0.15) is 0 Å². The Morgan fingerprint density at radius 2 is 1.76 bits per heavy atom. The molecule has 1 heterocycles. The van der Waals surface area contributed by atoms with Crippen molar-refractivity contribution in [1.82, 2.24) is 4.98 Å². The molecule has 0 aromatic carbocycles. The number of hydrogen-bond donors (Lipinski definition) is 1. The molecule has 1 aromatic heterocycles. The quantitative estimate of drug-likeness (QED) is 0.516. The summed E-state index contributed by atoms with van der Waals surface area (Å²) >= 11 is 0. The number of aliphatic hydroxyl groups is 1. The summed E-state index contributed by atoms with van der Waals surface area (Å²) in [6.45, 7) is 9.03. The van der Waals surface area contributed by atoms with Gasteiger partial charge in [-0.1, -0.05) is 58.9 Å². The lowest BCUT2D eigenvalue weighted by atomic mass is 9.47. The topological polar surface area (TPSA) is 33.1 Å². The van der Waals surface area contributed by atoms with Crippen LogP contribution in [0.1, 0.15) is 85.6 Å². The Hall–Kier alpha value is -1.41. The lowest BCUT2D eigenvalue weighted by Crippen LogP contribution is -2.49. The number of hydrogen-bond acceptors (Lipinski definition) is 2. The highest BCUT2D eigenvalue weighted by molar-refractivity contribution is 5.72. The molecule has 2 nitrogen and oxygen atoms in total. The van der Waals surface area contributed by atoms with Crippen molar-refractivity contribution in [2.75, 3.05) is 0 Å². The summed E-state index contributed by atoms with van der Waals surface area (Å²) in [5.74, 6) is 2.36. The second-order valence-corrected chi connectivity index (χ2v) is 9.71. The van der Waals surface area contributed by atoms with Gasteiger partial charge in [0.05, 0.1) is 6.10 Å². The van der Waals surface area contributed by atoms with E-state index in [1.54, 1.807) is 11.1 Å². The zero-order valence-electron chi connectivity index (χ0n) is 18.1. The maximum absolute atomic E-state index is 10.2. The molecule has 0 radical (unpaired) electrons. The van der Waals surface area contributed by atoms with E-state index in [9.17, 15) is 5.11 Å². The van der Waals surface area contributed by atoms with E-state index < -0.39 is 0 Å². The lowest BCUT2D eigenvalue weighted by Gasteiger charge is -2.57. The zero-order chi connectivity index (χ0) is 19.9. The first kappa shape index (κ1) is 22.3. The van der Waals surface area contributed by atoms with Gasteiger partial charge >= 0.3 is 0 Å². The van der Waals surface area contributed by atoms with Gasteiger partial charge < -0.3 is 5.11 Å². The molecule has 6 unspecified atom stereocenters. The first-order chi connectivity index (χ1) is 13.5. The predicted octanol–water partition coefficient (Wildman–Crippen LogP) is 7.06. The molecule has 160 valence electrons. The summed E-state index contributed by atoms with van der Waals surface area (Å²) in [5, 5.41) is 10.2. The fourth-order valence-electron chi connectivity index (χ4n) is 7.18. The maximum Gasteiger partial charge on any atom is 0.0577 e. The second-order valence-electron chi connectivity index (χ2n) is 9.71.